The molecule has 3 nitrogen and oxygen atoms in total. The molecule has 31 heavy (non-hydrogen) atoms. The Morgan fingerprint density at radius 2 is 1.48 bits per heavy atom. The van der Waals surface area contributed by atoms with Crippen molar-refractivity contribution in [3.05, 3.63) is 79.3 Å². The van der Waals surface area contributed by atoms with Crippen LogP contribution in [0, 0.1) is 0 Å². The number of thiophene rings is 2. The molecule has 0 saturated carbocycles. The fourth-order valence-electron chi connectivity index (χ4n) is 5.04. The minimum atomic E-state index is 0.960. The molecule has 0 aliphatic heterocycles. The number of fused-ring (bicyclic) bond motifs is 14. The zero-order chi connectivity index (χ0) is 20.1. The van der Waals surface area contributed by atoms with Crippen molar-refractivity contribution >= 4 is 90.5 Å². The number of hydrogen-bond donors (Lipinski definition) is 0. The van der Waals surface area contributed by atoms with Gasteiger partial charge in [-0.25, -0.2) is 4.98 Å². The van der Waals surface area contributed by atoms with Crippen molar-refractivity contribution in [2.75, 3.05) is 0 Å². The summed E-state index contributed by atoms with van der Waals surface area (Å²) in [5.74, 6) is 0. The number of hydrogen-bond acceptors (Lipinski definition) is 4. The van der Waals surface area contributed by atoms with E-state index in [4.69, 9.17) is 4.98 Å². The van der Waals surface area contributed by atoms with Gasteiger partial charge >= 0.3 is 0 Å². The Bertz CT molecular complexity index is 2010. The van der Waals surface area contributed by atoms with Gasteiger partial charge in [0.1, 0.15) is 5.65 Å². The Balaban J connectivity index is 1.75. The molecule has 5 aromatic heterocycles. The lowest BCUT2D eigenvalue weighted by atomic mass is 10.0. The lowest BCUT2D eigenvalue weighted by Crippen LogP contribution is -1.92. The van der Waals surface area contributed by atoms with E-state index in [0.717, 1.165) is 22.1 Å². The normalized spacial score (nSPS) is 12.5. The largest absolute Gasteiger partial charge is 0.299 e. The van der Waals surface area contributed by atoms with Crippen molar-refractivity contribution in [3.8, 4) is 0 Å². The van der Waals surface area contributed by atoms with Gasteiger partial charge in [0.2, 0.25) is 0 Å². The molecule has 0 amide bonds. The molecule has 0 atom stereocenters. The van der Waals surface area contributed by atoms with E-state index < -0.39 is 0 Å². The molecule has 0 radical (unpaired) electrons. The first-order valence-electron chi connectivity index (χ1n) is 10.2. The predicted molar refractivity (Wildman–Crippen MR) is 134 cm³/mol. The van der Waals surface area contributed by atoms with Crippen LogP contribution in [-0.4, -0.2) is 14.4 Å². The smallest absolute Gasteiger partial charge is 0.146 e. The lowest BCUT2D eigenvalue weighted by molar-refractivity contribution is 1.27. The number of pyridine rings is 2. The maximum Gasteiger partial charge on any atom is 0.146 e. The van der Waals surface area contributed by atoms with Gasteiger partial charge < -0.3 is 0 Å². The molecular formula is C26H13N3S2. The molecule has 8 aromatic rings. The average molecular weight is 432 g/mol. The summed E-state index contributed by atoms with van der Waals surface area (Å²) in [5.41, 5.74) is 3.14. The third kappa shape index (κ3) is 1.93. The topological polar surface area (TPSA) is 30.2 Å². The summed E-state index contributed by atoms with van der Waals surface area (Å²) in [6.07, 6.45) is 5.82. The van der Waals surface area contributed by atoms with Crippen LogP contribution in [0.4, 0.5) is 0 Å². The van der Waals surface area contributed by atoms with Crippen LogP contribution < -0.4 is 0 Å². The summed E-state index contributed by atoms with van der Waals surface area (Å²) in [6, 6.07) is 21.9. The number of benzene rings is 3. The molecule has 0 aliphatic rings. The minimum absolute atomic E-state index is 0.960. The number of nitrogens with zero attached hydrogens (tertiary/aromatic N) is 3. The molecule has 0 saturated heterocycles. The number of rotatable bonds is 0. The SMILES string of the molecule is c1ccc2c(c1)sc1c2ccc2sc3ccc4c(c5ncccc5c5nccn45)c3c21. The fourth-order valence-corrected chi connectivity index (χ4v) is 7.48. The zero-order valence-corrected chi connectivity index (χ0v) is 17.8. The molecule has 0 aliphatic carbocycles. The van der Waals surface area contributed by atoms with Crippen LogP contribution in [0.2, 0.25) is 0 Å². The summed E-state index contributed by atoms with van der Waals surface area (Å²) < 4.78 is 7.54. The Morgan fingerprint density at radius 1 is 0.613 bits per heavy atom. The summed E-state index contributed by atoms with van der Waals surface area (Å²) >= 11 is 3.77. The average Bonchev–Trinajstić information content (AvgIpc) is 3.53. The Hall–Kier alpha value is -3.54. The molecule has 0 bridgehead atoms. The molecule has 0 fully saturated rings. The zero-order valence-electron chi connectivity index (χ0n) is 16.2. The molecular weight excluding hydrogens is 418 g/mol. The first kappa shape index (κ1) is 16.2. The summed E-state index contributed by atoms with van der Waals surface area (Å²) in [7, 11) is 0. The number of imidazole rings is 1. The molecule has 5 heteroatoms. The highest BCUT2D eigenvalue weighted by Crippen LogP contribution is 2.47. The van der Waals surface area contributed by atoms with Gasteiger partial charge in [-0.05, 0) is 36.4 Å². The molecule has 0 N–H and O–H groups in total. The van der Waals surface area contributed by atoms with Crippen molar-refractivity contribution in [2.45, 2.75) is 0 Å². The van der Waals surface area contributed by atoms with E-state index in [9.17, 15) is 0 Å². The molecule has 0 spiro atoms. The van der Waals surface area contributed by atoms with Crippen molar-refractivity contribution in [1.29, 1.82) is 0 Å². The van der Waals surface area contributed by atoms with Crippen molar-refractivity contribution in [3.63, 3.8) is 0 Å². The third-order valence-corrected chi connectivity index (χ3v) is 8.63. The van der Waals surface area contributed by atoms with E-state index in [-0.39, 0.29) is 0 Å². The van der Waals surface area contributed by atoms with Gasteiger partial charge in [0.05, 0.1) is 11.0 Å². The highest BCUT2D eigenvalue weighted by molar-refractivity contribution is 7.30. The molecule has 3 aromatic carbocycles. The third-order valence-electron chi connectivity index (χ3n) is 6.31. The van der Waals surface area contributed by atoms with E-state index in [2.05, 4.69) is 70.2 Å². The second kappa shape index (κ2) is 5.58. The van der Waals surface area contributed by atoms with Crippen LogP contribution in [0.3, 0.4) is 0 Å². The van der Waals surface area contributed by atoms with Gasteiger partial charge in [-0.1, -0.05) is 24.3 Å². The van der Waals surface area contributed by atoms with E-state index in [1.54, 1.807) is 0 Å². The van der Waals surface area contributed by atoms with Gasteiger partial charge in [0.25, 0.3) is 0 Å². The van der Waals surface area contributed by atoms with Crippen LogP contribution in [0.1, 0.15) is 0 Å². The second-order valence-electron chi connectivity index (χ2n) is 7.87. The molecule has 5 heterocycles. The summed E-state index contributed by atoms with van der Waals surface area (Å²) in [4.78, 5) is 9.49. The predicted octanol–water partition coefficient (Wildman–Crippen LogP) is 7.77. The van der Waals surface area contributed by atoms with Gasteiger partial charge in [-0.3, -0.25) is 9.38 Å². The van der Waals surface area contributed by atoms with Crippen molar-refractivity contribution in [2.24, 2.45) is 0 Å². The van der Waals surface area contributed by atoms with Crippen LogP contribution in [-0.2, 0) is 0 Å². The monoisotopic (exact) mass is 431 g/mol. The second-order valence-corrected chi connectivity index (χ2v) is 10.0. The first-order chi connectivity index (χ1) is 15.4. The van der Waals surface area contributed by atoms with Crippen LogP contribution in [0.5, 0.6) is 0 Å². The maximum absolute atomic E-state index is 4.85. The van der Waals surface area contributed by atoms with Crippen LogP contribution in [0.25, 0.3) is 67.8 Å². The lowest BCUT2D eigenvalue weighted by Gasteiger charge is -2.09. The quantitative estimate of drug-likeness (QED) is 0.230. The van der Waals surface area contributed by atoms with Crippen LogP contribution >= 0.6 is 22.7 Å². The van der Waals surface area contributed by atoms with E-state index in [0.29, 0.717) is 0 Å². The maximum atomic E-state index is 4.85. The molecule has 8 rings (SSSR count). The summed E-state index contributed by atoms with van der Waals surface area (Å²) in [6.45, 7) is 0. The van der Waals surface area contributed by atoms with Crippen LogP contribution in [0.15, 0.2) is 79.3 Å². The fraction of sp³-hybridized carbons (Fsp3) is 0. The van der Waals surface area contributed by atoms with Gasteiger partial charge in [-0.15, -0.1) is 22.7 Å². The molecule has 0 unspecified atom stereocenters. The Morgan fingerprint density at radius 3 is 2.48 bits per heavy atom. The minimum Gasteiger partial charge on any atom is -0.299 e. The summed E-state index contributed by atoms with van der Waals surface area (Å²) in [5, 5.41) is 7.66. The van der Waals surface area contributed by atoms with E-state index in [1.807, 2.05) is 41.1 Å². The standard InChI is InChI=1S/C26H13N3S2/c1-2-6-18-14(4-1)15-7-9-20-23(25(15)31-18)22-19(30-20)10-8-17-21(22)24-16(5-3-11-27-24)26-28-12-13-29(17)26/h1-13H. The van der Waals surface area contributed by atoms with Crippen molar-refractivity contribution < 1.29 is 0 Å². The highest BCUT2D eigenvalue weighted by Gasteiger charge is 2.19. The van der Waals surface area contributed by atoms with Gasteiger partial charge in [-0.2, -0.15) is 0 Å². The first-order valence-corrected chi connectivity index (χ1v) is 11.8. The van der Waals surface area contributed by atoms with Gasteiger partial charge in [0.15, 0.2) is 0 Å². The Labute approximate surface area is 183 Å². The van der Waals surface area contributed by atoms with E-state index in [1.165, 1.54) is 45.7 Å². The van der Waals surface area contributed by atoms with Gasteiger partial charge in [0, 0.05) is 69.7 Å². The van der Waals surface area contributed by atoms with Crippen molar-refractivity contribution in [1.82, 2.24) is 14.4 Å². The van der Waals surface area contributed by atoms with E-state index >= 15 is 0 Å². The Kier molecular flexibility index (Phi) is 2.91. The number of aromatic nitrogens is 3. The highest BCUT2D eigenvalue weighted by atomic mass is 32.1. The molecule has 144 valence electrons.